The van der Waals surface area contributed by atoms with Crippen molar-refractivity contribution in [2.45, 2.75) is 52.4 Å². The van der Waals surface area contributed by atoms with E-state index in [0.29, 0.717) is 17.1 Å². The molecule has 0 aliphatic carbocycles. The van der Waals surface area contributed by atoms with E-state index in [2.05, 4.69) is 62.5 Å². The number of aromatic nitrogens is 4. The molecule has 1 N–H and O–H groups in total. The van der Waals surface area contributed by atoms with Gasteiger partial charge in [0.1, 0.15) is 0 Å². The van der Waals surface area contributed by atoms with Crippen LogP contribution in [0, 0.1) is 18.3 Å². The standard InChI is InChI=1S/C32H35N5O.H2/c1-9-22(16-24-18-29(31(3,4)5)35-21(24)2)23-14-15-34-27(17-23)28-19-36(8)30(38)37(28)26-12-10-25(11-13-26)32(6,7)20-33;/h9-19,35H,1H2,2-8H3;1H/b22-16+;. The van der Waals surface area contributed by atoms with Gasteiger partial charge < -0.3 is 9.55 Å². The average molecular weight is 508 g/mol. The van der Waals surface area contributed by atoms with Crippen molar-refractivity contribution in [2.75, 3.05) is 0 Å². The van der Waals surface area contributed by atoms with Crippen molar-refractivity contribution in [3.63, 3.8) is 0 Å². The Morgan fingerprint density at radius 3 is 2.39 bits per heavy atom. The third kappa shape index (κ3) is 5.05. The second-order valence-electron chi connectivity index (χ2n) is 11.3. The van der Waals surface area contributed by atoms with Crippen molar-refractivity contribution >= 4 is 11.6 Å². The lowest BCUT2D eigenvalue weighted by molar-refractivity contribution is 0.572. The van der Waals surface area contributed by atoms with E-state index in [9.17, 15) is 10.1 Å². The predicted molar refractivity (Wildman–Crippen MR) is 157 cm³/mol. The molecule has 0 spiro atoms. The summed E-state index contributed by atoms with van der Waals surface area (Å²) in [5.74, 6) is 0. The maximum atomic E-state index is 13.2. The van der Waals surface area contributed by atoms with E-state index in [4.69, 9.17) is 0 Å². The number of allylic oxidation sites excluding steroid dienone is 2. The smallest absolute Gasteiger partial charge is 0.333 e. The molecule has 1 aromatic carbocycles. The molecule has 0 saturated carbocycles. The SMILES string of the molecule is C=C/C(=C\c1cc(C(C)(C)C)[nH]c1C)c1ccnc(-c2cn(C)c(=O)n2-c2ccc(C(C)(C)C#N)cc2)c1.[HH]. The minimum absolute atomic E-state index is 0. The van der Waals surface area contributed by atoms with Crippen LogP contribution in [-0.4, -0.2) is 19.1 Å². The molecule has 0 unspecified atom stereocenters. The highest BCUT2D eigenvalue weighted by Crippen LogP contribution is 2.29. The normalized spacial score (nSPS) is 12.4. The van der Waals surface area contributed by atoms with Crippen LogP contribution in [0.25, 0.3) is 28.7 Å². The summed E-state index contributed by atoms with van der Waals surface area (Å²) in [4.78, 5) is 21.3. The summed E-state index contributed by atoms with van der Waals surface area (Å²) in [5, 5.41) is 9.48. The van der Waals surface area contributed by atoms with Crippen LogP contribution in [-0.2, 0) is 17.9 Å². The first-order chi connectivity index (χ1) is 17.9. The zero-order valence-electron chi connectivity index (χ0n) is 23.3. The molecule has 38 heavy (non-hydrogen) atoms. The summed E-state index contributed by atoms with van der Waals surface area (Å²) >= 11 is 0. The van der Waals surface area contributed by atoms with Gasteiger partial charge in [0.25, 0.3) is 0 Å². The van der Waals surface area contributed by atoms with Crippen LogP contribution in [0.5, 0.6) is 0 Å². The second-order valence-corrected chi connectivity index (χ2v) is 11.3. The lowest BCUT2D eigenvalue weighted by Gasteiger charge is -2.16. The predicted octanol–water partition coefficient (Wildman–Crippen LogP) is 6.95. The number of pyridine rings is 1. The van der Waals surface area contributed by atoms with Gasteiger partial charge in [-0.2, -0.15) is 5.26 Å². The van der Waals surface area contributed by atoms with Crippen LogP contribution in [0.15, 0.2) is 72.3 Å². The van der Waals surface area contributed by atoms with E-state index in [1.54, 1.807) is 28.6 Å². The number of aromatic amines is 1. The third-order valence-corrected chi connectivity index (χ3v) is 6.93. The number of nitrogens with zero attached hydrogens (tertiary/aromatic N) is 4. The quantitative estimate of drug-likeness (QED) is 0.287. The van der Waals surface area contributed by atoms with Gasteiger partial charge >= 0.3 is 5.69 Å². The maximum absolute atomic E-state index is 13.2. The van der Waals surface area contributed by atoms with E-state index < -0.39 is 5.41 Å². The van der Waals surface area contributed by atoms with Crippen LogP contribution in [0.3, 0.4) is 0 Å². The number of H-pyrrole nitrogens is 1. The Morgan fingerprint density at radius 2 is 1.82 bits per heavy atom. The highest BCUT2D eigenvalue weighted by molar-refractivity contribution is 5.88. The summed E-state index contributed by atoms with van der Waals surface area (Å²) in [5.41, 5.74) is 7.52. The van der Waals surface area contributed by atoms with Gasteiger partial charge in [-0.05, 0) is 79.4 Å². The number of hydrogen-bond donors (Lipinski definition) is 1. The number of rotatable bonds is 6. The first-order valence-electron chi connectivity index (χ1n) is 12.7. The van der Waals surface area contributed by atoms with Crippen LogP contribution >= 0.6 is 0 Å². The Bertz CT molecular complexity index is 1630. The van der Waals surface area contributed by atoms with E-state index in [1.807, 2.05) is 56.3 Å². The lowest BCUT2D eigenvalue weighted by Crippen LogP contribution is -2.21. The van der Waals surface area contributed by atoms with E-state index in [-0.39, 0.29) is 12.5 Å². The minimum Gasteiger partial charge on any atom is -0.362 e. The Balaban J connectivity index is 0.00000420. The van der Waals surface area contributed by atoms with Gasteiger partial charge in [0.2, 0.25) is 0 Å². The largest absolute Gasteiger partial charge is 0.362 e. The average Bonchev–Trinajstić information content (AvgIpc) is 3.41. The molecule has 4 rings (SSSR count). The Morgan fingerprint density at radius 1 is 1.13 bits per heavy atom. The van der Waals surface area contributed by atoms with Crippen molar-refractivity contribution in [1.29, 1.82) is 5.26 Å². The molecule has 0 radical (unpaired) electrons. The molecule has 0 fully saturated rings. The number of nitriles is 1. The lowest BCUT2D eigenvalue weighted by atomic mass is 9.86. The van der Waals surface area contributed by atoms with Crippen molar-refractivity contribution in [1.82, 2.24) is 19.1 Å². The van der Waals surface area contributed by atoms with Gasteiger partial charge in [0.15, 0.2) is 0 Å². The molecule has 0 aliphatic heterocycles. The molecule has 3 heterocycles. The fourth-order valence-electron chi connectivity index (χ4n) is 4.38. The second kappa shape index (κ2) is 9.83. The number of nitrogens with one attached hydrogen (secondary N) is 1. The van der Waals surface area contributed by atoms with Gasteiger partial charge in [-0.3, -0.25) is 9.55 Å². The molecule has 0 saturated heterocycles. The summed E-state index contributed by atoms with van der Waals surface area (Å²) in [6.07, 6.45) is 7.52. The monoisotopic (exact) mass is 507 g/mol. The van der Waals surface area contributed by atoms with Crippen LogP contribution in [0.4, 0.5) is 0 Å². The zero-order chi connectivity index (χ0) is 27.8. The van der Waals surface area contributed by atoms with E-state index >= 15 is 0 Å². The first kappa shape index (κ1) is 26.7. The molecule has 0 aliphatic rings. The van der Waals surface area contributed by atoms with Crippen LogP contribution in [0.1, 0.15) is 64.1 Å². The molecule has 3 aromatic heterocycles. The molecule has 4 aromatic rings. The molecule has 6 heteroatoms. The summed E-state index contributed by atoms with van der Waals surface area (Å²) in [7, 11) is 1.73. The molecular formula is C32H37N5O. The highest BCUT2D eigenvalue weighted by atomic mass is 16.1. The van der Waals surface area contributed by atoms with Gasteiger partial charge in [0.05, 0.1) is 28.6 Å². The Hall–Kier alpha value is -4.37. The molecule has 0 amide bonds. The Labute approximate surface area is 226 Å². The van der Waals surface area contributed by atoms with Crippen molar-refractivity contribution in [3.8, 4) is 23.1 Å². The van der Waals surface area contributed by atoms with Crippen LogP contribution in [0.2, 0.25) is 0 Å². The highest BCUT2D eigenvalue weighted by Gasteiger charge is 2.21. The molecule has 6 nitrogen and oxygen atoms in total. The molecule has 196 valence electrons. The van der Waals surface area contributed by atoms with Crippen molar-refractivity contribution in [2.24, 2.45) is 7.05 Å². The zero-order valence-corrected chi connectivity index (χ0v) is 23.3. The molecule has 0 atom stereocenters. The van der Waals surface area contributed by atoms with Gasteiger partial charge in [0, 0.05) is 37.7 Å². The number of hydrogen-bond acceptors (Lipinski definition) is 3. The number of imidazole rings is 1. The van der Waals surface area contributed by atoms with Gasteiger partial charge in [-0.25, -0.2) is 4.79 Å². The van der Waals surface area contributed by atoms with E-state index in [0.717, 1.165) is 28.0 Å². The van der Waals surface area contributed by atoms with Gasteiger partial charge in [-0.1, -0.05) is 45.6 Å². The van der Waals surface area contributed by atoms with Crippen LogP contribution < -0.4 is 5.69 Å². The first-order valence-corrected chi connectivity index (χ1v) is 12.7. The minimum atomic E-state index is -0.613. The molecular weight excluding hydrogens is 470 g/mol. The van der Waals surface area contributed by atoms with Gasteiger partial charge in [-0.15, -0.1) is 0 Å². The third-order valence-electron chi connectivity index (χ3n) is 6.93. The van der Waals surface area contributed by atoms with Crippen molar-refractivity contribution in [3.05, 3.63) is 106 Å². The summed E-state index contributed by atoms with van der Waals surface area (Å²) in [6, 6.07) is 16.0. The maximum Gasteiger partial charge on any atom is 0.333 e. The summed E-state index contributed by atoms with van der Waals surface area (Å²) in [6.45, 7) is 16.4. The van der Waals surface area contributed by atoms with E-state index in [1.165, 1.54) is 5.69 Å². The Kier molecular flexibility index (Phi) is 6.90. The van der Waals surface area contributed by atoms with Crippen molar-refractivity contribution < 1.29 is 1.43 Å². The summed E-state index contributed by atoms with van der Waals surface area (Å²) < 4.78 is 3.21. The number of aryl methyl sites for hydroxylation is 2. The fraction of sp³-hybridized carbons (Fsp3) is 0.281. The fourth-order valence-corrected chi connectivity index (χ4v) is 4.38. The topological polar surface area (TPSA) is 79.4 Å². The number of benzene rings is 1. The molecule has 0 bridgehead atoms.